The van der Waals surface area contributed by atoms with Crippen molar-refractivity contribution in [2.45, 2.75) is 58.8 Å². The largest absolute Gasteiger partial charge is 0.494 e. The molecular weight excluding hydrogens is 548 g/mol. The standard InChI is InChI=1S/C31H35BrO6/c1-3-5-7-9-20-35-25-15-17-27(18-16-25)37-30(33)23-10-13-26(14-11-23)38-31(34)24-12-19-28(32)29(22-24)36-21-8-6-4-2/h10-19,22H,3-9,20-21H2,1-2H3. The second-order valence-corrected chi connectivity index (χ2v) is 9.74. The molecule has 3 aromatic rings. The molecule has 0 atom stereocenters. The van der Waals surface area contributed by atoms with Crippen LogP contribution in [-0.4, -0.2) is 25.2 Å². The monoisotopic (exact) mass is 582 g/mol. The van der Waals surface area contributed by atoms with Gasteiger partial charge in [-0.2, -0.15) is 0 Å². The van der Waals surface area contributed by atoms with Gasteiger partial charge in [-0.1, -0.05) is 46.0 Å². The molecule has 0 N–H and O–H groups in total. The zero-order valence-corrected chi connectivity index (χ0v) is 23.6. The predicted molar refractivity (Wildman–Crippen MR) is 152 cm³/mol. The van der Waals surface area contributed by atoms with Crippen LogP contribution in [0.3, 0.4) is 0 Å². The third-order valence-corrected chi connectivity index (χ3v) is 6.43. The molecule has 0 bridgehead atoms. The maximum Gasteiger partial charge on any atom is 0.343 e. The van der Waals surface area contributed by atoms with Gasteiger partial charge < -0.3 is 18.9 Å². The van der Waals surface area contributed by atoms with E-state index in [9.17, 15) is 9.59 Å². The van der Waals surface area contributed by atoms with Crippen molar-refractivity contribution in [1.82, 2.24) is 0 Å². The Labute approximate surface area is 233 Å². The van der Waals surface area contributed by atoms with Gasteiger partial charge in [-0.3, -0.25) is 0 Å². The molecule has 202 valence electrons. The van der Waals surface area contributed by atoms with Crippen molar-refractivity contribution < 1.29 is 28.5 Å². The van der Waals surface area contributed by atoms with Gasteiger partial charge in [0.05, 0.1) is 28.8 Å². The zero-order chi connectivity index (χ0) is 27.2. The summed E-state index contributed by atoms with van der Waals surface area (Å²) in [7, 11) is 0. The quantitative estimate of drug-likeness (QED) is 0.102. The van der Waals surface area contributed by atoms with Crippen LogP contribution in [0.4, 0.5) is 0 Å². The number of carbonyl (C=O) groups excluding carboxylic acids is 2. The summed E-state index contributed by atoms with van der Waals surface area (Å²) in [4.78, 5) is 25.2. The van der Waals surface area contributed by atoms with Crippen molar-refractivity contribution in [3.8, 4) is 23.0 Å². The number of carbonyl (C=O) groups is 2. The molecule has 6 nitrogen and oxygen atoms in total. The highest BCUT2D eigenvalue weighted by Crippen LogP contribution is 2.27. The second kappa shape index (κ2) is 15.8. The van der Waals surface area contributed by atoms with Gasteiger partial charge in [-0.05, 0) is 95.5 Å². The van der Waals surface area contributed by atoms with Gasteiger partial charge in [0.15, 0.2) is 0 Å². The molecule has 0 fully saturated rings. The van der Waals surface area contributed by atoms with E-state index in [1.165, 1.54) is 12.8 Å². The molecule has 0 aliphatic carbocycles. The highest BCUT2D eigenvalue weighted by Gasteiger charge is 2.14. The minimum absolute atomic E-state index is 0.320. The lowest BCUT2D eigenvalue weighted by molar-refractivity contribution is 0.0730. The van der Waals surface area contributed by atoms with Crippen LogP contribution in [0.5, 0.6) is 23.0 Å². The summed E-state index contributed by atoms with van der Waals surface area (Å²) >= 11 is 3.45. The number of halogens is 1. The van der Waals surface area contributed by atoms with Gasteiger partial charge in [0.1, 0.15) is 23.0 Å². The van der Waals surface area contributed by atoms with Crippen LogP contribution in [0.25, 0.3) is 0 Å². The topological polar surface area (TPSA) is 71.1 Å². The number of benzene rings is 3. The first-order valence-electron chi connectivity index (χ1n) is 13.2. The Morgan fingerprint density at radius 3 is 1.76 bits per heavy atom. The minimum atomic E-state index is -0.515. The predicted octanol–water partition coefficient (Wildman–Crippen LogP) is 8.42. The third kappa shape index (κ3) is 9.53. The SMILES string of the molecule is CCCCCCOc1ccc(OC(=O)c2ccc(OC(=O)c3ccc(Br)c(OCCCCC)c3)cc2)cc1. The van der Waals surface area contributed by atoms with Crippen LogP contribution in [0.2, 0.25) is 0 Å². The molecular formula is C31H35BrO6. The smallest absolute Gasteiger partial charge is 0.343 e. The summed E-state index contributed by atoms with van der Waals surface area (Å²) in [6.07, 6.45) is 7.72. The van der Waals surface area contributed by atoms with Gasteiger partial charge in [-0.25, -0.2) is 9.59 Å². The average Bonchev–Trinajstić information content (AvgIpc) is 2.93. The van der Waals surface area contributed by atoms with Crippen LogP contribution >= 0.6 is 15.9 Å². The lowest BCUT2D eigenvalue weighted by Crippen LogP contribution is -2.10. The van der Waals surface area contributed by atoms with Crippen LogP contribution in [-0.2, 0) is 0 Å². The van der Waals surface area contributed by atoms with Crippen molar-refractivity contribution in [2.75, 3.05) is 13.2 Å². The number of esters is 2. The van der Waals surface area contributed by atoms with Crippen LogP contribution < -0.4 is 18.9 Å². The summed E-state index contributed by atoms with van der Waals surface area (Å²) in [5.41, 5.74) is 0.711. The Kier molecular flexibility index (Phi) is 12.2. The zero-order valence-electron chi connectivity index (χ0n) is 22.0. The van der Waals surface area contributed by atoms with Crippen LogP contribution in [0.15, 0.2) is 71.2 Å². The fourth-order valence-electron chi connectivity index (χ4n) is 3.59. The highest BCUT2D eigenvalue weighted by molar-refractivity contribution is 9.10. The van der Waals surface area contributed by atoms with E-state index >= 15 is 0 Å². The van der Waals surface area contributed by atoms with E-state index in [0.717, 1.165) is 42.3 Å². The number of hydrogen-bond acceptors (Lipinski definition) is 6. The molecule has 0 unspecified atom stereocenters. The van der Waals surface area contributed by atoms with Crippen LogP contribution in [0, 0.1) is 0 Å². The normalized spacial score (nSPS) is 10.6. The Hall–Kier alpha value is -3.32. The van der Waals surface area contributed by atoms with Crippen molar-refractivity contribution in [2.24, 2.45) is 0 Å². The van der Waals surface area contributed by atoms with Gasteiger partial charge in [0.25, 0.3) is 0 Å². The molecule has 0 amide bonds. The Balaban J connectivity index is 1.51. The fraction of sp³-hybridized carbons (Fsp3) is 0.355. The number of rotatable bonds is 15. The first kappa shape index (κ1) is 29.2. The molecule has 0 heterocycles. The summed E-state index contributed by atoms with van der Waals surface area (Å²) in [5, 5.41) is 0. The molecule has 38 heavy (non-hydrogen) atoms. The van der Waals surface area contributed by atoms with E-state index in [2.05, 4.69) is 29.8 Å². The third-order valence-electron chi connectivity index (χ3n) is 5.77. The van der Waals surface area contributed by atoms with Crippen LogP contribution in [0.1, 0.15) is 79.5 Å². The summed E-state index contributed by atoms with van der Waals surface area (Å²) in [5.74, 6) is 1.06. The molecule has 0 aliphatic rings. The number of unbranched alkanes of at least 4 members (excludes halogenated alkanes) is 5. The molecule has 0 spiro atoms. The van der Waals surface area contributed by atoms with E-state index in [4.69, 9.17) is 18.9 Å². The van der Waals surface area contributed by atoms with Gasteiger partial charge in [-0.15, -0.1) is 0 Å². The van der Waals surface area contributed by atoms with E-state index in [1.807, 2.05) is 0 Å². The second-order valence-electron chi connectivity index (χ2n) is 8.88. The Morgan fingerprint density at radius 1 is 0.605 bits per heavy atom. The molecule has 0 aliphatic heterocycles. The number of ether oxygens (including phenoxy) is 4. The van der Waals surface area contributed by atoms with E-state index < -0.39 is 11.9 Å². The fourth-order valence-corrected chi connectivity index (χ4v) is 3.95. The molecule has 0 saturated heterocycles. The molecule has 3 aromatic carbocycles. The molecule has 0 aromatic heterocycles. The molecule has 0 saturated carbocycles. The van der Waals surface area contributed by atoms with E-state index in [-0.39, 0.29) is 0 Å². The van der Waals surface area contributed by atoms with E-state index in [1.54, 1.807) is 66.7 Å². The number of hydrogen-bond donors (Lipinski definition) is 0. The summed E-state index contributed by atoms with van der Waals surface area (Å²) in [6, 6.07) is 18.3. The first-order valence-corrected chi connectivity index (χ1v) is 14.0. The Morgan fingerprint density at radius 2 is 1.11 bits per heavy atom. The summed E-state index contributed by atoms with van der Waals surface area (Å²) in [6.45, 7) is 5.56. The molecule has 7 heteroatoms. The first-order chi connectivity index (χ1) is 18.5. The maximum atomic E-state index is 12.7. The average molecular weight is 584 g/mol. The molecule has 3 rings (SSSR count). The van der Waals surface area contributed by atoms with Crippen molar-refractivity contribution in [3.05, 3.63) is 82.3 Å². The maximum absolute atomic E-state index is 12.7. The highest BCUT2D eigenvalue weighted by atomic mass is 79.9. The van der Waals surface area contributed by atoms with Gasteiger partial charge >= 0.3 is 11.9 Å². The van der Waals surface area contributed by atoms with Crippen molar-refractivity contribution >= 4 is 27.9 Å². The lowest BCUT2D eigenvalue weighted by Gasteiger charge is -2.10. The van der Waals surface area contributed by atoms with Gasteiger partial charge in [0.2, 0.25) is 0 Å². The summed E-state index contributed by atoms with van der Waals surface area (Å²) < 4.78 is 23.2. The lowest BCUT2D eigenvalue weighted by atomic mass is 10.2. The van der Waals surface area contributed by atoms with Gasteiger partial charge in [0, 0.05) is 0 Å². The van der Waals surface area contributed by atoms with E-state index in [0.29, 0.717) is 41.6 Å². The van der Waals surface area contributed by atoms with Crippen molar-refractivity contribution in [3.63, 3.8) is 0 Å². The molecule has 0 radical (unpaired) electrons. The Bertz CT molecular complexity index is 1160. The van der Waals surface area contributed by atoms with Crippen molar-refractivity contribution in [1.29, 1.82) is 0 Å². The minimum Gasteiger partial charge on any atom is -0.494 e.